The van der Waals surface area contributed by atoms with E-state index < -0.39 is 6.09 Å². The van der Waals surface area contributed by atoms with Gasteiger partial charge < -0.3 is 25.4 Å². The topological polar surface area (TPSA) is 94.1 Å². The van der Waals surface area contributed by atoms with Crippen molar-refractivity contribution < 1.29 is 19.4 Å². The number of carbonyl (C=O) groups excluding carboxylic acids is 1. The highest BCUT2D eigenvalue weighted by molar-refractivity contribution is 5.94. The first kappa shape index (κ1) is 28.9. The van der Waals surface area contributed by atoms with Crippen LogP contribution < -0.4 is 20.3 Å². The highest BCUT2D eigenvalue weighted by Crippen LogP contribution is 2.31. The molecule has 2 aliphatic rings. The second-order valence-corrected chi connectivity index (χ2v) is 11.2. The largest absolute Gasteiger partial charge is 0.490 e. The minimum Gasteiger partial charge on any atom is -0.490 e. The Balaban J connectivity index is 1.25. The molecule has 0 radical (unpaired) electrons. The van der Waals surface area contributed by atoms with Crippen LogP contribution in [-0.4, -0.2) is 67.4 Å². The smallest absolute Gasteiger partial charge is 0.404 e. The molecule has 2 aromatic rings. The number of carboxylic acid groups (broad SMARTS) is 1. The van der Waals surface area contributed by atoms with E-state index in [1.165, 1.54) is 11.1 Å². The number of piperazine rings is 1. The van der Waals surface area contributed by atoms with Crippen molar-refractivity contribution in [2.24, 2.45) is 5.92 Å². The maximum absolute atomic E-state index is 13.4. The number of aryl methyl sites for hydroxylation is 2. The third-order valence-corrected chi connectivity index (χ3v) is 8.03. The van der Waals surface area contributed by atoms with Crippen LogP contribution in [0.2, 0.25) is 0 Å². The minimum atomic E-state index is -0.989. The predicted molar refractivity (Wildman–Crippen MR) is 154 cm³/mol. The number of anilines is 1. The fraction of sp³-hybridized carbons (Fsp3) is 0.548. The average Bonchev–Trinajstić information content (AvgIpc) is 2.92. The molecule has 0 spiro atoms. The van der Waals surface area contributed by atoms with Gasteiger partial charge in [-0.1, -0.05) is 18.2 Å². The van der Waals surface area contributed by atoms with Gasteiger partial charge in [0.25, 0.3) is 0 Å². The summed E-state index contributed by atoms with van der Waals surface area (Å²) in [5.41, 5.74) is 4.65. The molecule has 8 heteroatoms. The Morgan fingerprint density at radius 1 is 1.15 bits per heavy atom. The lowest BCUT2D eigenvalue weighted by atomic mass is 9.86. The number of hydrogen-bond donors (Lipinski definition) is 3. The molecule has 0 aromatic heterocycles. The normalized spacial score (nSPS) is 21.8. The van der Waals surface area contributed by atoms with Gasteiger partial charge in [-0.15, -0.1) is 0 Å². The van der Waals surface area contributed by atoms with Gasteiger partial charge in [0.1, 0.15) is 5.75 Å². The van der Waals surface area contributed by atoms with Gasteiger partial charge in [0.2, 0.25) is 5.91 Å². The van der Waals surface area contributed by atoms with Gasteiger partial charge in [0.05, 0.1) is 6.10 Å². The van der Waals surface area contributed by atoms with E-state index in [1.54, 1.807) is 0 Å². The molecule has 1 saturated heterocycles. The number of rotatable bonds is 10. The first-order valence-corrected chi connectivity index (χ1v) is 14.3. The Bertz CT molecular complexity index is 1120. The Morgan fingerprint density at radius 3 is 2.67 bits per heavy atom. The Labute approximate surface area is 232 Å². The van der Waals surface area contributed by atoms with Crippen molar-refractivity contribution in [1.29, 1.82) is 0 Å². The molecule has 1 aliphatic heterocycles. The average molecular weight is 537 g/mol. The van der Waals surface area contributed by atoms with Gasteiger partial charge in [-0.3, -0.25) is 9.69 Å². The number of nitrogens with zero attached hydrogens (tertiary/aromatic N) is 2. The summed E-state index contributed by atoms with van der Waals surface area (Å²) in [6.45, 7) is 8.92. The third kappa shape index (κ3) is 8.44. The van der Waals surface area contributed by atoms with E-state index in [4.69, 9.17) is 9.84 Å². The highest BCUT2D eigenvalue weighted by atomic mass is 16.5. The summed E-state index contributed by atoms with van der Waals surface area (Å²) in [7, 11) is 1.90. The highest BCUT2D eigenvalue weighted by Gasteiger charge is 2.30. The second kappa shape index (κ2) is 13.8. The molecule has 1 saturated carbocycles. The van der Waals surface area contributed by atoms with E-state index in [0.29, 0.717) is 12.6 Å². The van der Waals surface area contributed by atoms with Crippen molar-refractivity contribution in [3.63, 3.8) is 0 Å². The van der Waals surface area contributed by atoms with Crippen molar-refractivity contribution in [3.8, 4) is 5.75 Å². The molecule has 0 unspecified atom stereocenters. The summed E-state index contributed by atoms with van der Waals surface area (Å²) in [5, 5.41) is 14.6. The standard InChI is InChI=1S/C31H44N4O4/c1-22-18-27(12-9-26(22)21-35-17-16-32-23(2)20-35)34(3)30(36)25-10-13-28(14-11-25)39-29-8-4-6-24(19-29)7-5-15-33-31(37)38/h4,6,8-9,12,18-19,23,25,28,32-33H,5,7,10-11,13-17,20-21H2,1-3H3,(H,37,38)/t23-,25?,28?/m0/s1. The quantitative estimate of drug-likeness (QED) is 0.385. The molecule has 0 bridgehead atoms. The van der Waals surface area contributed by atoms with Crippen LogP contribution in [0.1, 0.15) is 55.7 Å². The van der Waals surface area contributed by atoms with Crippen LogP contribution in [0.25, 0.3) is 0 Å². The Morgan fingerprint density at radius 2 is 1.95 bits per heavy atom. The molecule has 4 rings (SSSR count). The summed E-state index contributed by atoms with van der Waals surface area (Å²) in [6, 6.07) is 15.0. The van der Waals surface area contributed by atoms with Gasteiger partial charge >= 0.3 is 6.09 Å². The lowest BCUT2D eigenvalue weighted by Gasteiger charge is -2.32. The molecule has 1 atom stereocenters. The molecule has 2 amide bonds. The zero-order chi connectivity index (χ0) is 27.8. The number of amides is 2. The van der Waals surface area contributed by atoms with Crippen molar-refractivity contribution >= 4 is 17.7 Å². The van der Waals surface area contributed by atoms with Crippen LogP contribution in [0.5, 0.6) is 5.75 Å². The van der Waals surface area contributed by atoms with Crippen LogP contribution in [0.3, 0.4) is 0 Å². The first-order chi connectivity index (χ1) is 18.8. The summed E-state index contributed by atoms with van der Waals surface area (Å²) in [5.74, 6) is 1.05. The lowest BCUT2D eigenvalue weighted by molar-refractivity contribution is -0.123. The van der Waals surface area contributed by atoms with Crippen LogP contribution in [0, 0.1) is 12.8 Å². The molecular formula is C31H44N4O4. The van der Waals surface area contributed by atoms with Gasteiger partial charge in [-0.25, -0.2) is 4.79 Å². The Hall–Kier alpha value is -3.10. The molecule has 3 N–H and O–H groups in total. The molecule has 212 valence electrons. The van der Waals surface area contributed by atoms with Crippen LogP contribution in [0.15, 0.2) is 42.5 Å². The maximum Gasteiger partial charge on any atom is 0.404 e. The van der Waals surface area contributed by atoms with E-state index in [9.17, 15) is 9.59 Å². The van der Waals surface area contributed by atoms with Gasteiger partial charge in [-0.2, -0.15) is 0 Å². The SMILES string of the molecule is Cc1cc(N(C)C(=O)C2CCC(Oc3cccc(CCCNC(=O)O)c3)CC2)ccc1CN1CCN[C@@H](C)C1. The van der Waals surface area contributed by atoms with Gasteiger partial charge in [0.15, 0.2) is 0 Å². The zero-order valence-corrected chi connectivity index (χ0v) is 23.6. The monoisotopic (exact) mass is 536 g/mol. The summed E-state index contributed by atoms with van der Waals surface area (Å²) in [6.07, 6.45) is 4.03. The van der Waals surface area contributed by atoms with Gasteiger partial charge in [-0.05, 0) is 93.3 Å². The number of nitrogens with one attached hydrogen (secondary N) is 2. The molecule has 1 aliphatic carbocycles. The van der Waals surface area contributed by atoms with E-state index in [2.05, 4.69) is 47.6 Å². The van der Waals surface area contributed by atoms with Crippen molar-refractivity contribution in [2.45, 2.75) is 71.1 Å². The molecule has 2 aromatic carbocycles. The summed E-state index contributed by atoms with van der Waals surface area (Å²) in [4.78, 5) is 28.3. The van der Waals surface area contributed by atoms with Crippen LogP contribution >= 0.6 is 0 Å². The predicted octanol–water partition coefficient (Wildman–Crippen LogP) is 4.59. The second-order valence-electron chi connectivity index (χ2n) is 11.2. The fourth-order valence-corrected chi connectivity index (χ4v) is 5.75. The van der Waals surface area contributed by atoms with E-state index in [0.717, 1.165) is 81.7 Å². The molecular weight excluding hydrogens is 492 g/mol. The van der Waals surface area contributed by atoms with Crippen LogP contribution in [0.4, 0.5) is 10.5 Å². The zero-order valence-electron chi connectivity index (χ0n) is 23.6. The first-order valence-electron chi connectivity index (χ1n) is 14.3. The van der Waals surface area contributed by atoms with E-state index in [1.807, 2.05) is 36.2 Å². The van der Waals surface area contributed by atoms with Crippen LogP contribution in [-0.2, 0) is 17.8 Å². The molecule has 1 heterocycles. The maximum atomic E-state index is 13.4. The van der Waals surface area contributed by atoms with E-state index in [-0.39, 0.29) is 17.9 Å². The van der Waals surface area contributed by atoms with Crippen molar-refractivity contribution in [2.75, 3.05) is 38.1 Å². The molecule has 39 heavy (non-hydrogen) atoms. The number of benzene rings is 2. The molecule has 2 fully saturated rings. The number of ether oxygens (including phenoxy) is 1. The third-order valence-electron chi connectivity index (χ3n) is 8.03. The Kier molecular flexibility index (Phi) is 10.2. The number of carbonyl (C=O) groups is 2. The summed E-state index contributed by atoms with van der Waals surface area (Å²) < 4.78 is 6.27. The molecule has 8 nitrogen and oxygen atoms in total. The summed E-state index contributed by atoms with van der Waals surface area (Å²) >= 11 is 0. The number of hydrogen-bond acceptors (Lipinski definition) is 5. The fourth-order valence-electron chi connectivity index (χ4n) is 5.75. The van der Waals surface area contributed by atoms with Gasteiger partial charge in [0, 0.05) is 57.4 Å². The van der Waals surface area contributed by atoms with Crippen molar-refractivity contribution in [1.82, 2.24) is 15.5 Å². The minimum absolute atomic E-state index is 0.0187. The van der Waals surface area contributed by atoms with Crippen molar-refractivity contribution in [3.05, 3.63) is 59.2 Å². The lowest BCUT2D eigenvalue weighted by Crippen LogP contribution is -2.48. The van der Waals surface area contributed by atoms with E-state index >= 15 is 0 Å².